The van der Waals surface area contributed by atoms with E-state index in [0.29, 0.717) is 0 Å². The highest BCUT2D eigenvalue weighted by molar-refractivity contribution is 7.89. The van der Waals surface area contributed by atoms with E-state index in [1.54, 1.807) is 24.3 Å². The molecule has 0 saturated heterocycles. The van der Waals surface area contributed by atoms with E-state index in [2.05, 4.69) is 9.71 Å². The summed E-state index contributed by atoms with van der Waals surface area (Å²) in [5, 5.41) is 9.24. The van der Waals surface area contributed by atoms with Crippen LogP contribution in [0.15, 0.2) is 41.6 Å². The smallest absolute Gasteiger partial charge is 0.322 e. The molecular formula is C16H19N3O4S. The van der Waals surface area contributed by atoms with Crippen LogP contribution in [0.5, 0.6) is 0 Å². The second kappa shape index (κ2) is 6.74. The van der Waals surface area contributed by atoms with Crippen LogP contribution in [0.3, 0.4) is 0 Å². The molecule has 1 atom stereocenters. The van der Waals surface area contributed by atoms with Crippen molar-refractivity contribution in [3.8, 4) is 0 Å². The van der Waals surface area contributed by atoms with Crippen LogP contribution in [0.4, 0.5) is 0 Å². The van der Waals surface area contributed by atoms with Crippen LogP contribution in [0.2, 0.25) is 0 Å². The van der Waals surface area contributed by atoms with Gasteiger partial charge in [-0.2, -0.15) is 4.72 Å². The lowest BCUT2D eigenvalue weighted by molar-refractivity contribution is -0.138. The van der Waals surface area contributed by atoms with Gasteiger partial charge >= 0.3 is 5.97 Å². The Morgan fingerprint density at radius 1 is 1.29 bits per heavy atom. The quantitative estimate of drug-likeness (QED) is 0.816. The number of aryl methyl sites for hydroxylation is 2. The molecule has 8 heteroatoms. The van der Waals surface area contributed by atoms with Crippen LogP contribution < -0.4 is 4.72 Å². The SMILES string of the molecule is O=C(O)[C@H](Cc1ccccc1)NS(=O)(=O)c1cn2c(n1)CCCC2. The number of aromatic nitrogens is 2. The Balaban J connectivity index is 1.80. The molecule has 0 saturated carbocycles. The summed E-state index contributed by atoms with van der Waals surface area (Å²) in [6.45, 7) is 0.740. The number of imidazole rings is 1. The van der Waals surface area contributed by atoms with E-state index in [9.17, 15) is 18.3 Å². The van der Waals surface area contributed by atoms with Crippen LogP contribution in [0.25, 0.3) is 0 Å². The van der Waals surface area contributed by atoms with Gasteiger partial charge < -0.3 is 9.67 Å². The van der Waals surface area contributed by atoms with E-state index in [0.717, 1.165) is 37.2 Å². The van der Waals surface area contributed by atoms with E-state index in [1.807, 2.05) is 10.6 Å². The number of hydrogen-bond acceptors (Lipinski definition) is 4. The number of rotatable bonds is 6. The van der Waals surface area contributed by atoms with Gasteiger partial charge in [0.2, 0.25) is 0 Å². The lowest BCUT2D eigenvalue weighted by atomic mass is 10.1. The minimum absolute atomic E-state index is 0.0724. The molecular weight excluding hydrogens is 330 g/mol. The molecule has 0 bridgehead atoms. The lowest BCUT2D eigenvalue weighted by Gasteiger charge is -2.13. The number of fused-ring (bicyclic) bond motifs is 1. The molecule has 1 aliphatic rings. The summed E-state index contributed by atoms with van der Waals surface area (Å²) >= 11 is 0. The highest BCUT2D eigenvalue weighted by atomic mass is 32.2. The Morgan fingerprint density at radius 2 is 2.04 bits per heavy atom. The van der Waals surface area contributed by atoms with E-state index in [4.69, 9.17) is 0 Å². The summed E-state index contributed by atoms with van der Waals surface area (Å²) in [5.41, 5.74) is 0.747. The van der Waals surface area contributed by atoms with Gasteiger partial charge in [-0.15, -0.1) is 0 Å². The number of benzene rings is 1. The number of aliphatic carboxylic acids is 1. The average molecular weight is 349 g/mol. The van der Waals surface area contributed by atoms with Crippen molar-refractivity contribution in [3.05, 3.63) is 47.9 Å². The zero-order chi connectivity index (χ0) is 17.2. The number of nitrogens with zero attached hydrogens (tertiary/aromatic N) is 2. The minimum Gasteiger partial charge on any atom is -0.480 e. The van der Waals surface area contributed by atoms with Gasteiger partial charge in [0.1, 0.15) is 11.9 Å². The van der Waals surface area contributed by atoms with Crippen molar-refractivity contribution >= 4 is 16.0 Å². The molecule has 0 amide bonds. The summed E-state index contributed by atoms with van der Waals surface area (Å²) in [5.74, 6) is -0.483. The summed E-state index contributed by atoms with van der Waals surface area (Å²) in [6.07, 6.45) is 4.26. The van der Waals surface area contributed by atoms with E-state index in [1.165, 1.54) is 6.20 Å². The van der Waals surface area contributed by atoms with Crippen molar-refractivity contribution in [2.24, 2.45) is 0 Å². The minimum atomic E-state index is -3.98. The summed E-state index contributed by atoms with van der Waals surface area (Å²) in [7, 11) is -3.98. The monoisotopic (exact) mass is 349 g/mol. The molecule has 128 valence electrons. The van der Waals surface area contributed by atoms with E-state index >= 15 is 0 Å². The largest absolute Gasteiger partial charge is 0.480 e. The fourth-order valence-electron chi connectivity index (χ4n) is 2.79. The highest BCUT2D eigenvalue weighted by Crippen LogP contribution is 2.18. The predicted molar refractivity (Wildman–Crippen MR) is 87.1 cm³/mol. The third-order valence-corrected chi connectivity index (χ3v) is 5.38. The maximum absolute atomic E-state index is 12.5. The normalized spacial score (nSPS) is 15.7. The molecule has 2 heterocycles. The number of carboxylic acid groups (broad SMARTS) is 1. The molecule has 1 aliphatic heterocycles. The average Bonchev–Trinajstić information content (AvgIpc) is 3.00. The van der Waals surface area contributed by atoms with Gasteiger partial charge in [0.25, 0.3) is 10.0 Å². The standard InChI is InChI=1S/C16H19N3O4S/c20-16(21)13(10-12-6-2-1-3-7-12)18-24(22,23)15-11-19-9-5-4-8-14(19)17-15/h1-3,6-7,11,13,18H,4-5,8-10H2,(H,20,21)/t13-/m0/s1. The molecule has 1 aromatic carbocycles. The zero-order valence-corrected chi connectivity index (χ0v) is 13.9. The van der Waals surface area contributed by atoms with E-state index < -0.39 is 22.0 Å². The molecule has 3 rings (SSSR count). The van der Waals surface area contributed by atoms with E-state index in [-0.39, 0.29) is 11.4 Å². The first-order valence-corrected chi connectivity index (χ1v) is 9.29. The molecule has 24 heavy (non-hydrogen) atoms. The van der Waals surface area contributed by atoms with Gasteiger partial charge in [0.05, 0.1) is 0 Å². The van der Waals surface area contributed by atoms with Crippen LogP contribution in [0.1, 0.15) is 24.2 Å². The molecule has 2 aromatic rings. The first kappa shape index (κ1) is 16.7. The molecule has 7 nitrogen and oxygen atoms in total. The van der Waals surface area contributed by atoms with Crippen LogP contribution in [-0.4, -0.2) is 35.1 Å². The third kappa shape index (κ3) is 3.65. The first-order chi connectivity index (χ1) is 11.5. The van der Waals surface area contributed by atoms with Crippen molar-refractivity contribution in [2.45, 2.75) is 43.3 Å². The van der Waals surface area contributed by atoms with Gasteiger partial charge in [-0.05, 0) is 24.8 Å². The molecule has 0 fully saturated rings. The van der Waals surface area contributed by atoms with Gasteiger partial charge in [0.15, 0.2) is 5.03 Å². The molecule has 0 radical (unpaired) electrons. The maximum atomic E-state index is 12.5. The second-order valence-electron chi connectivity index (χ2n) is 5.85. The van der Waals surface area contributed by atoms with Crippen LogP contribution in [0, 0.1) is 0 Å². The van der Waals surface area contributed by atoms with Gasteiger partial charge in [-0.25, -0.2) is 13.4 Å². The fraction of sp³-hybridized carbons (Fsp3) is 0.375. The maximum Gasteiger partial charge on any atom is 0.322 e. The Bertz CT molecular complexity index is 807. The zero-order valence-electron chi connectivity index (χ0n) is 13.1. The first-order valence-electron chi connectivity index (χ1n) is 7.81. The van der Waals surface area contributed by atoms with Gasteiger partial charge in [-0.1, -0.05) is 30.3 Å². The summed E-state index contributed by atoms with van der Waals surface area (Å²) in [6, 6.07) is 7.67. The highest BCUT2D eigenvalue weighted by Gasteiger charge is 2.28. The predicted octanol–water partition coefficient (Wildman–Crippen LogP) is 1.19. The van der Waals surface area contributed by atoms with Crippen molar-refractivity contribution < 1.29 is 18.3 Å². The topological polar surface area (TPSA) is 101 Å². The molecule has 0 aliphatic carbocycles. The third-order valence-electron chi connectivity index (χ3n) is 4.04. The number of nitrogens with one attached hydrogen (secondary N) is 1. The number of hydrogen-bond donors (Lipinski definition) is 2. The van der Waals surface area contributed by atoms with Crippen molar-refractivity contribution in [1.82, 2.24) is 14.3 Å². The molecule has 1 aromatic heterocycles. The number of carboxylic acids is 1. The number of carbonyl (C=O) groups is 1. The fourth-order valence-corrected chi connectivity index (χ4v) is 3.96. The lowest BCUT2D eigenvalue weighted by Crippen LogP contribution is -2.42. The van der Waals surface area contributed by atoms with Crippen LogP contribution in [-0.2, 0) is 34.2 Å². The van der Waals surface area contributed by atoms with Crippen molar-refractivity contribution in [1.29, 1.82) is 0 Å². The Morgan fingerprint density at radius 3 is 2.71 bits per heavy atom. The Hall–Kier alpha value is -2.19. The summed E-state index contributed by atoms with van der Waals surface area (Å²) < 4.78 is 29.1. The van der Waals surface area contributed by atoms with Crippen LogP contribution >= 0.6 is 0 Å². The molecule has 2 N–H and O–H groups in total. The second-order valence-corrected chi connectivity index (χ2v) is 7.51. The Labute approximate surface area is 140 Å². The van der Waals surface area contributed by atoms with Gasteiger partial charge in [0, 0.05) is 19.2 Å². The number of sulfonamides is 1. The molecule has 0 unspecified atom stereocenters. The molecule has 0 spiro atoms. The summed E-state index contributed by atoms with van der Waals surface area (Å²) in [4.78, 5) is 15.6. The Kier molecular flexibility index (Phi) is 4.68. The van der Waals surface area contributed by atoms with Crippen molar-refractivity contribution in [2.75, 3.05) is 0 Å². The van der Waals surface area contributed by atoms with Gasteiger partial charge in [-0.3, -0.25) is 4.79 Å². The van der Waals surface area contributed by atoms with Crippen molar-refractivity contribution in [3.63, 3.8) is 0 Å².